The molecule has 0 amide bonds. The van der Waals surface area contributed by atoms with Gasteiger partial charge < -0.3 is 10.8 Å². The molecule has 0 heterocycles. The molecule has 0 unspecified atom stereocenters. The van der Waals surface area contributed by atoms with Crippen molar-refractivity contribution in [3.63, 3.8) is 0 Å². The fraction of sp³-hybridized carbons (Fsp3) is 1.00. The molecule has 0 radical (unpaired) electrons. The Bertz CT molecular complexity index is 286. The minimum atomic E-state index is -0.451. The van der Waals surface area contributed by atoms with E-state index in [2.05, 4.69) is 20.8 Å². The lowest BCUT2D eigenvalue weighted by atomic mass is 9.50. The minimum Gasteiger partial charge on any atom is -0.389 e. The van der Waals surface area contributed by atoms with Gasteiger partial charge in [0.2, 0.25) is 0 Å². The Labute approximate surface area is 119 Å². The molecular formula is C17H33NO. The van der Waals surface area contributed by atoms with Gasteiger partial charge in [0.25, 0.3) is 0 Å². The van der Waals surface area contributed by atoms with Gasteiger partial charge in [-0.3, -0.25) is 0 Å². The Balaban J connectivity index is 1.97. The number of hydrogen-bond acceptors (Lipinski definition) is 2. The molecule has 0 aromatic rings. The molecule has 0 aromatic carbocycles. The topological polar surface area (TPSA) is 46.2 Å². The van der Waals surface area contributed by atoms with Crippen molar-refractivity contribution in [2.75, 3.05) is 6.54 Å². The van der Waals surface area contributed by atoms with Crippen LogP contribution in [0, 0.1) is 23.2 Å². The monoisotopic (exact) mass is 267 g/mol. The van der Waals surface area contributed by atoms with E-state index < -0.39 is 5.60 Å². The van der Waals surface area contributed by atoms with Crippen LogP contribution in [0.2, 0.25) is 0 Å². The Morgan fingerprint density at radius 1 is 1.21 bits per heavy atom. The van der Waals surface area contributed by atoms with Crippen LogP contribution in [0.1, 0.15) is 72.1 Å². The van der Waals surface area contributed by atoms with Crippen LogP contribution < -0.4 is 5.73 Å². The number of nitrogens with two attached hydrogens (primary N) is 1. The van der Waals surface area contributed by atoms with Gasteiger partial charge >= 0.3 is 0 Å². The van der Waals surface area contributed by atoms with Gasteiger partial charge in [0.15, 0.2) is 0 Å². The van der Waals surface area contributed by atoms with Crippen LogP contribution >= 0.6 is 0 Å². The summed E-state index contributed by atoms with van der Waals surface area (Å²) in [6, 6.07) is 0. The summed E-state index contributed by atoms with van der Waals surface area (Å²) in [7, 11) is 0. The molecule has 2 fully saturated rings. The quantitative estimate of drug-likeness (QED) is 0.797. The molecule has 0 aromatic heterocycles. The smallest absolute Gasteiger partial charge is 0.0721 e. The molecule has 2 nitrogen and oxygen atoms in total. The summed E-state index contributed by atoms with van der Waals surface area (Å²) < 4.78 is 0. The summed E-state index contributed by atoms with van der Waals surface area (Å²) in [6.45, 7) is 7.50. The first-order chi connectivity index (χ1) is 8.96. The van der Waals surface area contributed by atoms with Crippen molar-refractivity contribution in [1.29, 1.82) is 0 Å². The van der Waals surface area contributed by atoms with Gasteiger partial charge in [-0.15, -0.1) is 0 Å². The first-order valence-electron chi connectivity index (χ1n) is 8.39. The number of rotatable bonds is 5. The molecule has 0 aliphatic heterocycles. The maximum absolute atomic E-state index is 11.0. The molecule has 3 N–H and O–H groups in total. The second kappa shape index (κ2) is 5.73. The molecule has 2 rings (SSSR count). The summed E-state index contributed by atoms with van der Waals surface area (Å²) in [5, 5.41) is 11.0. The van der Waals surface area contributed by atoms with E-state index in [9.17, 15) is 5.11 Å². The van der Waals surface area contributed by atoms with E-state index in [4.69, 9.17) is 5.73 Å². The van der Waals surface area contributed by atoms with Crippen molar-refractivity contribution < 1.29 is 5.11 Å². The summed E-state index contributed by atoms with van der Waals surface area (Å²) in [5.41, 5.74) is 5.69. The predicted molar refractivity (Wildman–Crippen MR) is 80.9 cm³/mol. The molecule has 2 aliphatic rings. The zero-order valence-corrected chi connectivity index (χ0v) is 13.1. The molecule has 0 spiro atoms. The average molecular weight is 267 g/mol. The second-order valence-electron chi connectivity index (χ2n) is 7.66. The zero-order chi connectivity index (χ0) is 14.1. The van der Waals surface area contributed by atoms with Crippen LogP contribution in [0.5, 0.6) is 0 Å². The third-order valence-corrected chi connectivity index (χ3v) is 6.28. The summed E-state index contributed by atoms with van der Waals surface area (Å²) in [4.78, 5) is 0. The van der Waals surface area contributed by atoms with Crippen LogP contribution in [0.15, 0.2) is 0 Å². The van der Waals surface area contributed by atoms with Crippen molar-refractivity contribution in [1.82, 2.24) is 0 Å². The standard InChI is InChI=1S/C17H33NO/c1-4-5-14-6-8-16(12-18,9-7-14)17(19)10-15(11-17)13(2)3/h13-15,19H,4-12,18H2,1-3H3. The first kappa shape index (κ1) is 15.3. The van der Waals surface area contributed by atoms with E-state index in [0.29, 0.717) is 18.4 Å². The van der Waals surface area contributed by atoms with Gasteiger partial charge in [-0.1, -0.05) is 33.6 Å². The van der Waals surface area contributed by atoms with Gasteiger partial charge in [0.1, 0.15) is 0 Å². The molecule has 2 aliphatic carbocycles. The molecule has 112 valence electrons. The lowest BCUT2D eigenvalue weighted by molar-refractivity contribution is -0.187. The highest BCUT2D eigenvalue weighted by Crippen LogP contribution is 2.57. The van der Waals surface area contributed by atoms with Crippen molar-refractivity contribution in [3.8, 4) is 0 Å². The van der Waals surface area contributed by atoms with Crippen molar-refractivity contribution in [3.05, 3.63) is 0 Å². The van der Waals surface area contributed by atoms with Gasteiger partial charge in [-0.25, -0.2) is 0 Å². The van der Waals surface area contributed by atoms with Crippen LogP contribution in [0.3, 0.4) is 0 Å². The fourth-order valence-corrected chi connectivity index (χ4v) is 4.50. The minimum absolute atomic E-state index is 0.0304. The van der Waals surface area contributed by atoms with Crippen LogP contribution in [0.4, 0.5) is 0 Å². The average Bonchev–Trinajstić information content (AvgIpc) is 2.36. The molecule has 0 bridgehead atoms. The van der Waals surface area contributed by atoms with E-state index in [1.807, 2.05) is 0 Å². The first-order valence-corrected chi connectivity index (χ1v) is 8.39. The molecule has 19 heavy (non-hydrogen) atoms. The zero-order valence-electron chi connectivity index (χ0n) is 13.1. The van der Waals surface area contributed by atoms with Gasteiger partial charge in [-0.2, -0.15) is 0 Å². The largest absolute Gasteiger partial charge is 0.389 e. The highest BCUT2D eigenvalue weighted by Gasteiger charge is 2.57. The SMILES string of the molecule is CCCC1CCC(CN)(C2(O)CC(C(C)C)C2)CC1. The van der Waals surface area contributed by atoms with E-state index >= 15 is 0 Å². The van der Waals surface area contributed by atoms with E-state index in [1.54, 1.807) is 0 Å². The van der Waals surface area contributed by atoms with Crippen LogP contribution in [0.25, 0.3) is 0 Å². The maximum Gasteiger partial charge on any atom is 0.0721 e. The Kier molecular flexibility index (Phi) is 4.62. The molecule has 0 atom stereocenters. The third kappa shape index (κ3) is 2.71. The molecule has 2 saturated carbocycles. The Morgan fingerprint density at radius 3 is 2.21 bits per heavy atom. The van der Waals surface area contributed by atoms with Crippen molar-refractivity contribution in [2.24, 2.45) is 28.9 Å². The highest BCUT2D eigenvalue weighted by molar-refractivity contribution is 5.09. The summed E-state index contributed by atoms with van der Waals surface area (Å²) >= 11 is 0. The van der Waals surface area contributed by atoms with Crippen molar-refractivity contribution >= 4 is 0 Å². The molecular weight excluding hydrogens is 234 g/mol. The fourth-order valence-electron chi connectivity index (χ4n) is 4.50. The maximum atomic E-state index is 11.0. The predicted octanol–water partition coefficient (Wildman–Crippen LogP) is 3.72. The van der Waals surface area contributed by atoms with E-state index in [-0.39, 0.29) is 5.41 Å². The Hall–Kier alpha value is -0.0800. The van der Waals surface area contributed by atoms with Gasteiger partial charge in [-0.05, 0) is 56.3 Å². The molecule has 0 saturated heterocycles. The number of aliphatic hydroxyl groups is 1. The summed E-state index contributed by atoms with van der Waals surface area (Å²) in [6.07, 6.45) is 9.47. The Morgan fingerprint density at radius 2 is 1.79 bits per heavy atom. The highest BCUT2D eigenvalue weighted by atomic mass is 16.3. The van der Waals surface area contributed by atoms with Crippen LogP contribution in [-0.4, -0.2) is 17.3 Å². The van der Waals surface area contributed by atoms with Gasteiger partial charge in [0.05, 0.1) is 5.60 Å². The third-order valence-electron chi connectivity index (χ3n) is 6.28. The summed E-state index contributed by atoms with van der Waals surface area (Å²) in [5.74, 6) is 2.29. The second-order valence-corrected chi connectivity index (χ2v) is 7.66. The lowest BCUT2D eigenvalue weighted by Gasteiger charge is -2.59. The lowest BCUT2D eigenvalue weighted by Crippen LogP contribution is -2.61. The van der Waals surface area contributed by atoms with Crippen LogP contribution in [-0.2, 0) is 0 Å². The number of hydrogen-bond donors (Lipinski definition) is 2. The normalized spacial score (nSPS) is 43.3. The molecule has 2 heteroatoms. The van der Waals surface area contributed by atoms with Gasteiger partial charge in [0, 0.05) is 12.0 Å². The van der Waals surface area contributed by atoms with E-state index in [0.717, 1.165) is 31.6 Å². The van der Waals surface area contributed by atoms with Crippen molar-refractivity contribution in [2.45, 2.75) is 77.7 Å². The van der Waals surface area contributed by atoms with E-state index in [1.165, 1.54) is 25.7 Å².